The second kappa shape index (κ2) is 8.31. The molecule has 6 aromatic rings. The first-order valence-corrected chi connectivity index (χ1v) is 10.7. The van der Waals surface area contributed by atoms with Gasteiger partial charge in [-0.15, -0.1) is 10.2 Å². The molecule has 0 aliphatic carbocycles. The summed E-state index contributed by atoms with van der Waals surface area (Å²) in [5.74, 6) is 0.00170. The van der Waals surface area contributed by atoms with Gasteiger partial charge in [0.25, 0.3) is 5.91 Å². The van der Waals surface area contributed by atoms with E-state index in [-0.39, 0.29) is 5.56 Å². The second-order valence-electron chi connectivity index (χ2n) is 7.74. The SMILES string of the molecule is O=C(Nc1ccc(-c2ccc3nnc(-c4ccccn4)n3n2)cc1)c1cc2ccccc2oc1=O. The summed E-state index contributed by atoms with van der Waals surface area (Å²) in [6, 6.07) is 25.0. The Morgan fingerprint density at radius 3 is 2.51 bits per heavy atom. The van der Waals surface area contributed by atoms with Crippen LogP contribution in [-0.2, 0) is 0 Å². The quantitative estimate of drug-likeness (QED) is 0.392. The molecule has 0 fully saturated rings. The molecule has 0 atom stereocenters. The van der Waals surface area contributed by atoms with E-state index >= 15 is 0 Å². The summed E-state index contributed by atoms with van der Waals surface area (Å²) < 4.78 is 6.90. The lowest BCUT2D eigenvalue weighted by Crippen LogP contribution is -2.20. The van der Waals surface area contributed by atoms with Crippen molar-refractivity contribution in [1.82, 2.24) is 24.8 Å². The number of fused-ring (bicyclic) bond motifs is 2. The van der Waals surface area contributed by atoms with Gasteiger partial charge in [0, 0.05) is 22.8 Å². The summed E-state index contributed by atoms with van der Waals surface area (Å²) >= 11 is 0. The van der Waals surface area contributed by atoms with Crippen molar-refractivity contribution in [2.75, 3.05) is 5.32 Å². The molecule has 0 bridgehead atoms. The molecule has 9 nitrogen and oxygen atoms in total. The second-order valence-corrected chi connectivity index (χ2v) is 7.74. The van der Waals surface area contributed by atoms with Crippen molar-refractivity contribution >= 4 is 28.2 Å². The Balaban J connectivity index is 1.27. The average molecular weight is 460 g/mol. The van der Waals surface area contributed by atoms with Crippen LogP contribution in [0.25, 0.3) is 39.4 Å². The van der Waals surface area contributed by atoms with Crippen molar-refractivity contribution in [2.45, 2.75) is 0 Å². The minimum Gasteiger partial charge on any atom is -0.422 e. The molecule has 168 valence electrons. The first-order chi connectivity index (χ1) is 17.2. The van der Waals surface area contributed by atoms with E-state index in [4.69, 9.17) is 4.42 Å². The molecule has 1 N–H and O–H groups in total. The van der Waals surface area contributed by atoms with Crippen LogP contribution in [0.4, 0.5) is 5.69 Å². The zero-order chi connectivity index (χ0) is 23.8. The van der Waals surface area contributed by atoms with Crippen molar-refractivity contribution in [3.63, 3.8) is 0 Å². The fourth-order valence-corrected chi connectivity index (χ4v) is 3.74. The molecule has 1 amide bonds. The van der Waals surface area contributed by atoms with Gasteiger partial charge in [-0.3, -0.25) is 9.78 Å². The Kier molecular flexibility index (Phi) is 4.85. The summed E-state index contributed by atoms with van der Waals surface area (Å²) in [5.41, 5.74) is 3.02. The number of carbonyl (C=O) groups is 1. The van der Waals surface area contributed by atoms with Gasteiger partial charge in [-0.1, -0.05) is 36.4 Å². The average Bonchev–Trinajstić information content (AvgIpc) is 3.32. The molecule has 9 heteroatoms. The van der Waals surface area contributed by atoms with Crippen molar-refractivity contribution in [3.8, 4) is 22.8 Å². The highest BCUT2D eigenvalue weighted by Crippen LogP contribution is 2.22. The van der Waals surface area contributed by atoms with Crippen LogP contribution < -0.4 is 10.9 Å². The molecule has 0 saturated heterocycles. The van der Waals surface area contributed by atoms with Crippen LogP contribution >= 0.6 is 0 Å². The van der Waals surface area contributed by atoms with Gasteiger partial charge in [0.1, 0.15) is 16.8 Å². The standard InChI is InChI=1S/C26H16N6O3/c33-25(19-15-17-5-1-2-7-22(17)35-26(19)34)28-18-10-8-16(9-11-18)20-12-13-23-29-30-24(32(23)31-20)21-6-3-4-14-27-21/h1-15H,(H,28,33). The number of rotatable bonds is 4. The van der Waals surface area contributed by atoms with E-state index in [0.717, 1.165) is 5.56 Å². The predicted molar refractivity (Wildman–Crippen MR) is 130 cm³/mol. The maximum Gasteiger partial charge on any atom is 0.349 e. The Morgan fingerprint density at radius 1 is 0.857 bits per heavy atom. The minimum atomic E-state index is -0.687. The number of anilines is 1. The van der Waals surface area contributed by atoms with E-state index < -0.39 is 11.5 Å². The molecule has 0 aliphatic heterocycles. The molecule has 4 aromatic heterocycles. The van der Waals surface area contributed by atoms with E-state index in [1.807, 2.05) is 48.5 Å². The van der Waals surface area contributed by atoms with Crippen LogP contribution in [0.1, 0.15) is 10.4 Å². The summed E-state index contributed by atoms with van der Waals surface area (Å²) in [7, 11) is 0. The number of aromatic nitrogens is 5. The number of pyridine rings is 1. The van der Waals surface area contributed by atoms with Crippen LogP contribution in [0.3, 0.4) is 0 Å². The van der Waals surface area contributed by atoms with Crippen molar-refractivity contribution in [3.05, 3.63) is 107 Å². The molecule has 0 spiro atoms. The van der Waals surface area contributed by atoms with Crippen LogP contribution in [-0.4, -0.2) is 30.7 Å². The van der Waals surface area contributed by atoms with Crippen molar-refractivity contribution in [1.29, 1.82) is 0 Å². The van der Waals surface area contributed by atoms with Gasteiger partial charge in [0.2, 0.25) is 5.82 Å². The minimum absolute atomic E-state index is 0.0606. The number of nitrogens with one attached hydrogen (secondary N) is 1. The highest BCUT2D eigenvalue weighted by atomic mass is 16.4. The first-order valence-electron chi connectivity index (χ1n) is 10.7. The molecule has 0 radical (unpaired) electrons. The van der Waals surface area contributed by atoms with E-state index in [0.29, 0.717) is 39.5 Å². The largest absolute Gasteiger partial charge is 0.422 e. The molecule has 0 aliphatic rings. The number of carbonyl (C=O) groups excluding carboxylic acids is 1. The van der Waals surface area contributed by atoms with E-state index in [1.54, 1.807) is 41.0 Å². The number of nitrogens with zero attached hydrogens (tertiary/aromatic N) is 5. The van der Waals surface area contributed by atoms with Crippen LogP contribution in [0.15, 0.2) is 100 Å². The first kappa shape index (κ1) is 20.4. The summed E-state index contributed by atoms with van der Waals surface area (Å²) in [6.07, 6.45) is 1.69. The van der Waals surface area contributed by atoms with E-state index in [2.05, 4.69) is 25.6 Å². The summed E-state index contributed by atoms with van der Waals surface area (Å²) in [5, 5.41) is 16.5. The zero-order valence-electron chi connectivity index (χ0n) is 18.1. The van der Waals surface area contributed by atoms with Gasteiger partial charge in [0.05, 0.1) is 5.69 Å². The molecule has 4 heterocycles. The predicted octanol–water partition coefficient (Wildman–Crippen LogP) is 4.21. The third-order valence-corrected chi connectivity index (χ3v) is 5.48. The van der Waals surface area contributed by atoms with Crippen molar-refractivity contribution in [2.24, 2.45) is 0 Å². The number of para-hydroxylation sites is 1. The van der Waals surface area contributed by atoms with Crippen LogP contribution in [0.2, 0.25) is 0 Å². The molecular formula is C26H16N6O3. The maximum atomic E-state index is 12.7. The lowest BCUT2D eigenvalue weighted by Gasteiger charge is -2.07. The van der Waals surface area contributed by atoms with Gasteiger partial charge < -0.3 is 9.73 Å². The van der Waals surface area contributed by atoms with Gasteiger partial charge in [-0.25, -0.2) is 4.79 Å². The molecule has 0 unspecified atom stereocenters. The topological polar surface area (TPSA) is 115 Å². The van der Waals surface area contributed by atoms with Gasteiger partial charge in [0.15, 0.2) is 5.65 Å². The maximum absolute atomic E-state index is 12.7. The monoisotopic (exact) mass is 460 g/mol. The molecule has 35 heavy (non-hydrogen) atoms. The lowest BCUT2D eigenvalue weighted by atomic mass is 10.1. The Morgan fingerprint density at radius 2 is 1.69 bits per heavy atom. The normalized spacial score (nSPS) is 11.1. The van der Waals surface area contributed by atoms with E-state index in [9.17, 15) is 9.59 Å². The highest BCUT2D eigenvalue weighted by Gasteiger charge is 2.15. The third kappa shape index (κ3) is 3.80. The summed E-state index contributed by atoms with van der Waals surface area (Å²) in [4.78, 5) is 29.3. The molecule has 6 rings (SSSR count). The number of amides is 1. The lowest BCUT2D eigenvalue weighted by molar-refractivity contribution is 0.102. The Labute approximate surface area is 197 Å². The van der Waals surface area contributed by atoms with Crippen LogP contribution in [0, 0.1) is 0 Å². The smallest absolute Gasteiger partial charge is 0.349 e. The van der Waals surface area contributed by atoms with Crippen LogP contribution in [0.5, 0.6) is 0 Å². The number of hydrogen-bond acceptors (Lipinski definition) is 7. The summed E-state index contributed by atoms with van der Waals surface area (Å²) in [6.45, 7) is 0. The molecular weight excluding hydrogens is 444 g/mol. The van der Waals surface area contributed by atoms with Gasteiger partial charge in [-0.05, 0) is 48.5 Å². The Bertz CT molecular complexity index is 1760. The van der Waals surface area contributed by atoms with E-state index in [1.165, 1.54) is 6.07 Å². The number of hydrogen-bond donors (Lipinski definition) is 1. The molecule has 2 aromatic carbocycles. The van der Waals surface area contributed by atoms with Gasteiger partial charge in [-0.2, -0.15) is 9.61 Å². The van der Waals surface area contributed by atoms with Gasteiger partial charge >= 0.3 is 5.63 Å². The highest BCUT2D eigenvalue weighted by molar-refractivity contribution is 6.05. The zero-order valence-corrected chi connectivity index (χ0v) is 18.1. The van der Waals surface area contributed by atoms with Crippen molar-refractivity contribution < 1.29 is 9.21 Å². The fourth-order valence-electron chi connectivity index (χ4n) is 3.74. The third-order valence-electron chi connectivity index (χ3n) is 5.48. The molecule has 0 saturated carbocycles. The number of benzene rings is 2. The Hall–Kier alpha value is -5.18. The fraction of sp³-hybridized carbons (Fsp3) is 0.